The van der Waals surface area contributed by atoms with Crippen molar-refractivity contribution in [2.24, 2.45) is 5.92 Å². The van der Waals surface area contributed by atoms with Gasteiger partial charge in [-0.05, 0) is 42.9 Å². The van der Waals surface area contributed by atoms with Crippen molar-refractivity contribution < 1.29 is 19.4 Å². The van der Waals surface area contributed by atoms with Gasteiger partial charge in [0.1, 0.15) is 5.75 Å². The summed E-state index contributed by atoms with van der Waals surface area (Å²) < 4.78 is 5.76. The minimum Gasteiger partial charge on any atom is -0.481 e. The molecule has 0 saturated carbocycles. The molecule has 132 valence electrons. The zero-order valence-electron chi connectivity index (χ0n) is 14.9. The number of hydrogen-bond donors (Lipinski definition) is 1. The van der Waals surface area contributed by atoms with Crippen molar-refractivity contribution in [1.82, 2.24) is 4.90 Å². The molecule has 0 aromatic heterocycles. The molecule has 5 heteroatoms. The van der Waals surface area contributed by atoms with E-state index in [4.69, 9.17) is 9.84 Å². The number of rotatable bonds is 4. The Kier molecular flexibility index (Phi) is 5.52. The fraction of sp³-hybridized carbons (Fsp3) is 0.579. The summed E-state index contributed by atoms with van der Waals surface area (Å²) in [5.41, 5.74) is 1.29. The molecule has 1 atom stereocenters. The molecule has 1 saturated heterocycles. The molecule has 1 aromatic rings. The fourth-order valence-corrected chi connectivity index (χ4v) is 2.89. The molecule has 0 bridgehead atoms. The van der Waals surface area contributed by atoms with Gasteiger partial charge in [-0.3, -0.25) is 9.59 Å². The number of piperidine rings is 1. The van der Waals surface area contributed by atoms with Crippen LogP contribution in [0.1, 0.15) is 46.1 Å². The van der Waals surface area contributed by atoms with E-state index in [1.165, 1.54) is 5.56 Å². The number of carbonyl (C=O) groups is 2. The van der Waals surface area contributed by atoms with Crippen molar-refractivity contribution in [3.63, 3.8) is 0 Å². The molecule has 1 heterocycles. The Bertz CT molecular complexity index is 580. The quantitative estimate of drug-likeness (QED) is 0.919. The van der Waals surface area contributed by atoms with Crippen LogP contribution in [0, 0.1) is 5.92 Å². The zero-order valence-corrected chi connectivity index (χ0v) is 14.9. The average molecular weight is 333 g/mol. The summed E-state index contributed by atoms with van der Waals surface area (Å²) in [6, 6.07) is 7.82. The van der Waals surface area contributed by atoms with Gasteiger partial charge in [0.05, 0.1) is 5.92 Å². The average Bonchev–Trinajstić information content (AvgIpc) is 2.54. The van der Waals surface area contributed by atoms with E-state index < -0.39 is 12.1 Å². The van der Waals surface area contributed by atoms with Gasteiger partial charge in [0.25, 0.3) is 5.91 Å². The van der Waals surface area contributed by atoms with E-state index in [2.05, 4.69) is 20.8 Å². The molecule has 1 N–H and O–H groups in total. The lowest BCUT2D eigenvalue weighted by atomic mass is 9.87. The van der Waals surface area contributed by atoms with Crippen molar-refractivity contribution in [2.75, 3.05) is 13.1 Å². The lowest BCUT2D eigenvalue weighted by Crippen LogP contribution is -2.45. The standard InChI is InChI=1S/C19H27NO4/c1-13(17(21)20-11-9-14(10-12-20)18(22)23)24-16-7-5-15(6-8-16)19(2,3)4/h5-8,13-14H,9-12H2,1-4H3,(H,22,23)/t13-/m1/s1. The van der Waals surface area contributed by atoms with Crippen LogP contribution in [0.5, 0.6) is 5.75 Å². The molecule has 5 nitrogen and oxygen atoms in total. The molecule has 0 spiro atoms. The highest BCUT2D eigenvalue weighted by molar-refractivity contribution is 5.81. The topological polar surface area (TPSA) is 66.8 Å². The van der Waals surface area contributed by atoms with Crippen molar-refractivity contribution in [2.45, 2.75) is 52.1 Å². The third-order valence-electron chi connectivity index (χ3n) is 4.54. The molecular formula is C19H27NO4. The molecule has 1 fully saturated rings. The zero-order chi connectivity index (χ0) is 17.9. The van der Waals surface area contributed by atoms with E-state index in [1.54, 1.807) is 11.8 Å². The summed E-state index contributed by atoms with van der Waals surface area (Å²) >= 11 is 0. The number of carbonyl (C=O) groups excluding carboxylic acids is 1. The third kappa shape index (κ3) is 4.49. The lowest BCUT2D eigenvalue weighted by Gasteiger charge is -2.32. The maximum atomic E-state index is 12.5. The highest BCUT2D eigenvalue weighted by atomic mass is 16.5. The molecule has 2 rings (SSSR count). The van der Waals surface area contributed by atoms with Crippen LogP contribution in [-0.4, -0.2) is 41.1 Å². The first-order valence-electron chi connectivity index (χ1n) is 8.47. The number of amides is 1. The molecule has 0 aliphatic carbocycles. The highest BCUT2D eigenvalue weighted by Crippen LogP contribution is 2.25. The van der Waals surface area contributed by atoms with Gasteiger partial charge in [-0.15, -0.1) is 0 Å². The molecule has 1 aliphatic heterocycles. The van der Waals surface area contributed by atoms with Crippen LogP contribution in [0.25, 0.3) is 0 Å². The van der Waals surface area contributed by atoms with Crippen LogP contribution < -0.4 is 4.74 Å². The van der Waals surface area contributed by atoms with Crippen LogP contribution >= 0.6 is 0 Å². The van der Waals surface area contributed by atoms with E-state index in [0.29, 0.717) is 31.7 Å². The maximum Gasteiger partial charge on any atom is 0.306 e. The molecule has 1 aromatic carbocycles. The largest absolute Gasteiger partial charge is 0.481 e. The van der Waals surface area contributed by atoms with E-state index in [9.17, 15) is 9.59 Å². The van der Waals surface area contributed by atoms with Crippen LogP contribution in [0.4, 0.5) is 0 Å². The normalized spacial score (nSPS) is 17.4. The Labute approximate surface area is 143 Å². The number of hydrogen-bond acceptors (Lipinski definition) is 3. The molecule has 1 aliphatic rings. The van der Waals surface area contributed by atoms with Gasteiger partial charge in [-0.2, -0.15) is 0 Å². The molecule has 0 radical (unpaired) electrons. The third-order valence-corrected chi connectivity index (χ3v) is 4.54. The first-order chi connectivity index (χ1) is 11.2. The molecular weight excluding hydrogens is 306 g/mol. The summed E-state index contributed by atoms with van der Waals surface area (Å²) in [4.78, 5) is 25.1. The minimum absolute atomic E-state index is 0.0778. The van der Waals surface area contributed by atoms with Gasteiger partial charge in [0, 0.05) is 13.1 Å². The minimum atomic E-state index is -0.773. The lowest BCUT2D eigenvalue weighted by molar-refractivity contribution is -0.147. The van der Waals surface area contributed by atoms with Crippen molar-refractivity contribution in [3.05, 3.63) is 29.8 Å². The summed E-state index contributed by atoms with van der Waals surface area (Å²) in [6.45, 7) is 9.14. The van der Waals surface area contributed by atoms with E-state index in [1.807, 2.05) is 24.3 Å². The second-order valence-corrected chi connectivity index (χ2v) is 7.47. The number of carboxylic acids is 1. The van der Waals surface area contributed by atoms with Crippen LogP contribution in [0.2, 0.25) is 0 Å². The number of carboxylic acid groups (broad SMARTS) is 1. The van der Waals surface area contributed by atoms with Crippen LogP contribution in [0.3, 0.4) is 0 Å². The second kappa shape index (κ2) is 7.24. The van der Waals surface area contributed by atoms with Crippen LogP contribution in [-0.2, 0) is 15.0 Å². The summed E-state index contributed by atoms with van der Waals surface area (Å²) in [6.07, 6.45) is 0.439. The van der Waals surface area contributed by atoms with Crippen molar-refractivity contribution in [1.29, 1.82) is 0 Å². The highest BCUT2D eigenvalue weighted by Gasteiger charge is 2.29. The first kappa shape index (κ1) is 18.3. The predicted octanol–water partition coefficient (Wildman–Crippen LogP) is 3.07. The molecule has 1 amide bonds. The van der Waals surface area contributed by atoms with E-state index in [0.717, 1.165) is 0 Å². The van der Waals surface area contributed by atoms with Gasteiger partial charge in [0.15, 0.2) is 6.10 Å². The number of nitrogens with zero attached hydrogens (tertiary/aromatic N) is 1. The second-order valence-electron chi connectivity index (χ2n) is 7.47. The van der Waals surface area contributed by atoms with Crippen molar-refractivity contribution in [3.8, 4) is 5.75 Å². The van der Waals surface area contributed by atoms with E-state index in [-0.39, 0.29) is 17.2 Å². The van der Waals surface area contributed by atoms with Gasteiger partial charge in [0.2, 0.25) is 0 Å². The van der Waals surface area contributed by atoms with Gasteiger partial charge in [-0.25, -0.2) is 0 Å². The van der Waals surface area contributed by atoms with Gasteiger partial charge < -0.3 is 14.7 Å². The number of aliphatic carboxylic acids is 1. The Balaban J connectivity index is 1.91. The summed E-state index contributed by atoms with van der Waals surface area (Å²) in [5.74, 6) is -0.524. The summed E-state index contributed by atoms with van der Waals surface area (Å²) in [5, 5.41) is 9.02. The smallest absolute Gasteiger partial charge is 0.306 e. The molecule has 0 unspecified atom stereocenters. The summed E-state index contributed by atoms with van der Waals surface area (Å²) in [7, 11) is 0. The van der Waals surface area contributed by atoms with Crippen LogP contribution in [0.15, 0.2) is 24.3 Å². The Morgan fingerprint density at radius 1 is 1.17 bits per heavy atom. The number of benzene rings is 1. The Morgan fingerprint density at radius 2 is 1.71 bits per heavy atom. The molecule has 24 heavy (non-hydrogen) atoms. The Morgan fingerprint density at radius 3 is 2.17 bits per heavy atom. The maximum absolute atomic E-state index is 12.5. The SMILES string of the molecule is C[C@@H](Oc1ccc(C(C)(C)C)cc1)C(=O)N1CCC(C(=O)O)CC1. The number of ether oxygens (including phenoxy) is 1. The van der Waals surface area contributed by atoms with E-state index >= 15 is 0 Å². The number of likely N-dealkylation sites (tertiary alicyclic amines) is 1. The first-order valence-corrected chi connectivity index (χ1v) is 8.47. The fourth-order valence-electron chi connectivity index (χ4n) is 2.89. The predicted molar refractivity (Wildman–Crippen MR) is 92.2 cm³/mol. The van der Waals surface area contributed by atoms with Crippen molar-refractivity contribution >= 4 is 11.9 Å². The van der Waals surface area contributed by atoms with Gasteiger partial charge in [-0.1, -0.05) is 32.9 Å². The van der Waals surface area contributed by atoms with Gasteiger partial charge >= 0.3 is 5.97 Å². The monoisotopic (exact) mass is 333 g/mol. The Hall–Kier alpha value is -2.04.